The second-order valence-electron chi connectivity index (χ2n) is 5.78. The third-order valence-corrected chi connectivity index (χ3v) is 3.55. The lowest BCUT2D eigenvalue weighted by Crippen LogP contribution is -2.35. The Hall–Kier alpha value is -1.94. The molecular formula is C17H23N3O. The van der Waals surface area contributed by atoms with Crippen molar-refractivity contribution < 1.29 is 4.79 Å². The predicted octanol–water partition coefficient (Wildman–Crippen LogP) is 2.61. The van der Waals surface area contributed by atoms with Gasteiger partial charge in [0.15, 0.2) is 0 Å². The Bertz CT molecular complexity index is 637. The Kier molecular flexibility index (Phi) is 4.91. The highest BCUT2D eigenvalue weighted by atomic mass is 16.1. The van der Waals surface area contributed by atoms with Crippen LogP contribution in [-0.4, -0.2) is 42.5 Å². The van der Waals surface area contributed by atoms with Crippen molar-refractivity contribution in [2.45, 2.75) is 26.3 Å². The molecule has 0 aliphatic rings. The van der Waals surface area contributed by atoms with E-state index in [2.05, 4.69) is 15.2 Å². The summed E-state index contributed by atoms with van der Waals surface area (Å²) in [5, 5.41) is 4.05. The molecular weight excluding hydrogens is 262 g/mol. The van der Waals surface area contributed by atoms with Gasteiger partial charge in [-0.1, -0.05) is 18.2 Å². The zero-order chi connectivity index (χ0) is 15.4. The number of nitrogens with zero attached hydrogens (tertiary/aromatic N) is 2. The highest BCUT2D eigenvalue weighted by molar-refractivity contribution is 5.98. The lowest BCUT2D eigenvalue weighted by atomic mass is 10.1. The Labute approximate surface area is 126 Å². The van der Waals surface area contributed by atoms with Crippen LogP contribution in [0.5, 0.6) is 0 Å². The molecule has 0 saturated heterocycles. The van der Waals surface area contributed by atoms with E-state index in [1.807, 2.05) is 58.3 Å². The molecule has 21 heavy (non-hydrogen) atoms. The molecule has 0 saturated carbocycles. The maximum absolute atomic E-state index is 12.4. The van der Waals surface area contributed by atoms with Crippen molar-refractivity contribution in [2.24, 2.45) is 0 Å². The van der Waals surface area contributed by atoms with Crippen LogP contribution in [-0.2, 0) is 0 Å². The molecule has 0 aliphatic carbocycles. The molecule has 0 radical (unpaired) electrons. The lowest BCUT2D eigenvalue weighted by Gasteiger charge is -2.17. The number of rotatable bonds is 5. The molecule has 1 aromatic heterocycles. The van der Waals surface area contributed by atoms with Crippen LogP contribution in [0.2, 0.25) is 0 Å². The molecule has 0 spiro atoms. The molecule has 0 aliphatic heterocycles. The molecule has 1 atom stereocenters. The van der Waals surface area contributed by atoms with E-state index in [-0.39, 0.29) is 11.9 Å². The zero-order valence-corrected chi connectivity index (χ0v) is 13.2. The average molecular weight is 285 g/mol. The number of carbonyl (C=O) groups is 1. The number of amides is 1. The number of carbonyl (C=O) groups excluding carboxylic acids is 1. The van der Waals surface area contributed by atoms with E-state index in [1.165, 1.54) is 0 Å². The monoisotopic (exact) mass is 285 g/mol. The summed E-state index contributed by atoms with van der Waals surface area (Å²) in [6.07, 6.45) is 0.929. The van der Waals surface area contributed by atoms with Crippen LogP contribution in [0, 0.1) is 6.92 Å². The van der Waals surface area contributed by atoms with E-state index >= 15 is 0 Å². The van der Waals surface area contributed by atoms with Gasteiger partial charge in [-0.15, -0.1) is 0 Å². The molecule has 1 amide bonds. The molecule has 112 valence electrons. The summed E-state index contributed by atoms with van der Waals surface area (Å²) in [6, 6.07) is 9.92. The van der Waals surface area contributed by atoms with E-state index in [0.29, 0.717) is 5.56 Å². The predicted molar refractivity (Wildman–Crippen MR) is 86.6 cm³/mol. The highest BCUT2D eigenvalue weighted by Crippen LogP contribution is 2.16. The van der Waals surface area contributed by atoms with Gasteiger partial charge in [0.1, 0.15) is 0 Å². The summed E-state index contributed by atoms with van der Waals surface area (Å²) in [5.74, 6) is -0.0444. The highest BCUT2D eigenvalue weighted by Gasteiger charge is 2.14. The lowest BCUT2D eigenvalue weighted by molar-refractivity contribution is 0.0936. The molecule has 1 heterocycles. The molecule has 2 rings (SSSR count). The molecule has 2 aromatic rings. The first-order valence-corrected chi connectivity index (χ1v) is 7.29. The van der Waals surface area contributed by atoms with Crippen LogP contribution in [0.3, 0.4) is 0 Å². The topological polar surface area (TPSA) is 45.2 Å². The van der Waals surface area contributed by atoms with Crippen LogP contribution in [0.15, 0.2) is 30.3 Å². The molecule has 0 fully saturated rings. The van der Waals surface area contributed by atoms with Crippen molar-refractivity contribution in [3.63, 3.8) is 0 Å². The number of para-hydroxylation sites is 1. The normalized spacial score (nSPS) is 12.6. The first-order valence-electron chi connectivity index (χ1n) is 7.29. The van der Waals surface area contributed by atoms with Gasteiger partial charge >= 0.3 is 0 Å². The summed E-state index contributed by atoms with van der Waals surface area (Å²) in [7, 11) is 4.07. The number of aryl methyl sites for hydroxylation is 1. The smallest absolute Gasteiger partial charge is 0.253 e. The van der Waals surface area contributed by atoms with Gasteiger partial charge in [-0.3, -0.25) is 9.78 Å². The number of aromatic nitrogens is 1. The van der Waals surface area contributed by atoms with Gasteiger partial charge in [-0.2, -0.15) is 0 Å². The third kappa shape index (κ3) is 4.02. The summed E-state index contributed by atoms with van der Waals surface area (Å²) in [5.41, 5.74) is 2.35. The summed E-state index contributed by atoms with van der Waals surface area (Å²) < 4.78 is 0. The van der Waals surface area contributed by atoms with Crippen molar-refractivity contribution in [2.75, 3.05) is 20.6 Å². The molecule has 1 N–H and O–H groups in total. The Morgan fingerprint density at radius 3 is 2.76 bits per heavy atom. The van der Waals surface area contributed by atoms with Gasteiger partial charge in [0, 0.05) is 11.4 Å². The second-order valence-corrected chi connectivity index (χ2v) is 5.78. The number of pyridine rings is 1. The van der Waals surface area contributed by atoms with Gasteiger partial charge in [0.2, 0.25) is 0 Å². The Morgan fingerprint density at radius 2 is 2.05 bits per heavy atom. The SMILES string of the molecule is Cc1nc2ccccc2cc1C(=O)NC(C)CCN(C)C. The Balaban J connectivity index is 2.13. The van der Waals surface area contributed by atoms with Crippen molar-refractivity contribution in [1.29, 1.82) is 0 Å². The van der Waals surface area contributed by atoms with Crippen LogP contribution in [0.4, 0.5) is 0 Å². The van der Waals surface area contributed by atoms with Crippen molar-refractivity contribution in [3.8, 4) is 0 Å². The van der Waals surface area contributed by atoms with Crippen molar-refractivity contribution >= 4 is 16.8 Å². The second kappa shape index (κ2) is 6.68. The summed E-state index contributed by atoms with van der Waals surface area (Å²) >= 11 is 0. The quantitative estimate of drug-likeness (QED) is 0.918. The Morgan fingerprint density at radius 1 is 1.33 bits per heavy atom. The van der Waals surface area contributed by atoms with E-state index in [1.54, 1.807) is 0 Å². The van der Waals surface area contributed by atoms with Gasteiger partial charge < -0.3 is 10.2 Å². The minimum absolute atomic E-state index is 0.0444. The fraction of sp³-hybridized carbons (Fsp3) is 0.412. The van der Waals surface area contributed by atoms with Gasteiger partial charge in [0.25, 0.3) is 5.91 Å². The molecule has 0 bridgehead atoms. The maximum Gasteiger partial charge on any atom is 0.253 e. The largest absolute Gasteiger partial charge is 0.349 e. The van der Waals surface area contributed by atoms with Crippen LogP contribution < -0.4 is 5.32 Å². The number of fused-ring (bicyclic) bond motifs is 1. The van der Waals surface area contributed by atoms with E-state index in [0.717, 1.165) is 29.6 Å². The average Bonchev–Trinajstić information content (AvgIpc) is 2.44. The number of nitrogens with one attached hydrogen (secondary N) is 1. The van der Waals surface area contributed by atoms with Crippen LogP contribution in [0.1, 0.15) is 29.4 Å². The molecule has 1 unspecified atom stereocenters. The standard InChI is InChI=1S/C17H23N3O/c1-12(9-10-20(3)4)18-17(21)15-11-14-7-5-6-8-16(14)19-13(15)2/h5-8,11-12H,9-10H2,1-4H3,(H,18,21). The fourth-order valence-corrected chi connectivity index (χ4v) is 2.27. The van der Waals surface area contributed by atoms with Crippen molar-refractivity contribution in [1.82, 2.24) is 15.2 Å². The molecule has 4 nitrogen and oxygen atoms in total. The van der Waals surface area contributed by atoms with Crippen LogP contribution in [0.25, 0.3) is 10.9 Å². The third-order valence-electron chi connectivity index (χ3n) is 3.55. The van der Waals surface area contributed by atoms with Crippen LogP contribution >= 0.6 is 0 Å². The maximum atomic E-state index is 12.4. The first kappa shape index (κ1) is 15.4. The minimum atomic E-state index is -0.0444. The summed E-state index contributed by atoms with van der Waals surface area (Å²) in [6.45, 7) is 4.87. The van der Waals surface area contributed by atoms with E-state index in [4.69, 9.17) is 0 Å². The number of hydrogen-bond donors (Lipinski definition) is 1. The molecule has 4 heteroatoms. The summed E-state index contributed by atoms with van der Waals surface area (Å²) in [4.78, 5) is 19.0. The van der Waals surface area contributed by atoms with Crippen molar-refractivity contribution in [3.05, 3.63) is 41.6 Å². The first-order chi connectivity index (χ1) is 9.97. The van der Waals surface area contributed by atoms with E-state index < -0.39 is 0 Å². The van der Waals surface area contributed by atoms with Gasteiger partial charge in [-0.05, 0) is 53.0 Å². The van der Waals surface area contributed by atoms with Gasteiger partial charge in [0.05, 0.1) is 16.8 Å². The number of benzene rings is 1. The van der Waals surface area contributed by atoms with E-state index in [9.17, 15) is 4.79 Å². The minimum Gasteiger partial charge on any atom is -0.349 e. The molecule has 1 aromatic carbocycles. The zero-order valence-electron chi connectivity index (χ0n) is 13.2. The fourth-order valence-electron chi connectivity index (χ4n) is 2.27. The van der Waals surface area contributed by atoms with Gasteiger partial charge in [-0.25, -0.2) is 0 Å². The number of hydrogen-bond acceptors (Lipinski definition) is 3.